The fraction of sp³-hybridized carbons (Fsp3) is 0.750. The minimum absolute atomic E-state index is 0.402. The van der Waals surface area contributed by atoms with Crippen LogP contribution in [0.5, 0.6) is 0 Å². The molecule has 0 aliphatic carbocycles. The van der Waals surface area contributed by atoms with E-state index in [0.717, 1.165) is 26.1 Å². The highest BCUT2D eigenvalue weighted by Gasteiger charge is 2.28. The molecule has 102 valence electrons. The van der Waals surface area contributed by atoms with Crippen LogP contribution >= 0.6 is 0 Å². The number of rotatable bonds is 6. The van der Waals surface area contributed by atoms with Crippen LogP contribution in [0.4, 0.5) is 0 Å². The molecule has 1 aliphatic rings. The second-order valence-corrected chi connectivity index (χ2v) is 4.83. The Balaban J connectivity index is 1.59. The smallest absolute Gasteiger partial charge is 0.241 e. The quantitative estimate of drug-likeness (QED) is 0.374. The Hall–Kier alpha value is -0.950. The first-order valence-corrected chi connectivity index (χ1v) is 6.52. The molecule has 0 radical (unpaired) electrons. The number of nitrogens with one attached hydrogen (secondary N) is 3. The van der Waals surface area contributed by atoms with E-state index in [2.05, 4.69) is 20.2 Å². The molecule has 1 aromatic rings. The minimum Gasteiger partial charge on any atom is -0.385 e. The Kier molecular flexibility index (Phi) is 5.12. The third-order valence-corrected chi connectivity index (χ3v) is 3.07. The number of β-amino-alcohol motifs (C(OH)–C–C–N with tert-alkyl or cyclic N) is 1. The second kappa shape index (κ2) is 6.84. The first kappa shape index (κ1) is 13.5. The summed E-state index contributed by atoms with van der Waals surface area (Å²) >= 11 is 0. The van der Waals surface area contributed by atoms with Crippen molar-refractivity contribution in [3.63, 3.8) is 0 Å². The topological polar surface area (TPSA) is 73.2 Å². The average Bonchev–Trinajstić information content (AvgIpc) is 2.78. The number of ether oxygens (including phenoxy) is 1. The fourth-order valence-electron chi connectivity index (χ4n) is 2.06. The van der Waals surface area contributed by atoms with E-state index in [-0.39, 0.29) is 0 Å². The third kappa shape index (κ3) is 4.38. The summed E-state index contributed by atoms with van der Waals surface area (Å²) < 4.78 is 7.47. The van der Waals surface area contributed by atoms with Crippen molar-refractivity contribution in [1.29, 1.82) is 0 Å². The first-order valence-electron chi connectivity index (χ1n) is 6.52. The van der Waals surface area contributed by atoms with Gasteiger partial charge in [-0.25, -0.2) is 4.57 Å². The Morgan fingerprint density at radius 2 is 2.44 bits per heavy atom. The number of imidazole rings is 1. The maximum atomic E-state index is 10.3. The molecule has 18 heavy (non-hydrogen) atoms. The van der Waals surface area contributed by atoms with Gasteiger partial charge in [0.2, 0.25) is 6.33 Å². The lowest BCUT2D eigenvalue weighted by atomic mass is 10.1. The van der Waals surface area contributed by atoms with Crippen LogP contribution in [0.2, 0.25) is 0 Å². The van der Waals surface area contributed by atoms with E-state index in [1.165, 1.54) is 0 Å². The summed E-state index contributed by atoms with van der Waals surface area (Å²) in [5.74, 6) is 0. The summed E-state index contributed by atoms with van der Waals surface area (Å²) in [4.78, 5) is 3.01. The van der Waals surface area contributed by atoms with Gasteiger partial charge in [0.25, 0.3) is 0 Å². The van der Waals surface area contributed by atoms with E-state index in [4.69, 9.17) is 4.74 Å². The predicted molar refractivity (Wildman–Crippen MR) is 67.1 cm³/mol. The van der Waals surface area contributed by atoms with Crippen LogP contribution < -0.4 is 15.2 Å². The lowest BCUT2D eigenvalue weighted by Gasteiger charge is -2.26. The first-order chi connectivity index (χ1) is 8.79. The molecule has 0 spiro atoms. The zero-order valence-corrected chi connectivity index (χ0v) is 10.7. The van der Waals surface area contributed by atoms with Crippen molar-refractivity contribution in [2.24, 2.45) is 0 Å². The lowest BCUT2D eigenvalue weighted by Crippen LogP contribution is -2.50. The number of H-pyrrole nitrogens is 1. The van der Waals surface area contributed by atoms with Gasteiger partial charge in [-0.2, -0.15) is 0 Å². The van der Waals surface area contributed by atoms with Crippen LogP contribution in [0.1, 0.15) is 6.42 Å². The Labute approximate surface area is 107 Å². The van der Waals surface area contributed by atoms with Gasteiger partial charge in [-0.3, -0.25) is 4.98 Å². The highest BCUT2D eigenvalue weighted by molar-refractivity contribution is 4.85. The summed E-state index contributed by atoms with van der Waals surface area (Å²) in [5, 5.41) is 16.7. The molecule has 2 heterocycles. The Morgan fingerprint density at radius 3 is 3.28 bits per heavy atom. The van der Waals surface area contributed by atoms with Crippen molar-refractivity contribution in [3.8, 4) is 0 Å². The summed E-state index contributed by atoms with van der Waals surface area (Å²) in [6.07, 6.45) is 6.89. The molecular formula is C12H23N4O2+. The van der Waals surface area contributed by atoms with Gasteiger partial charge in [0.15, 0.2) is 0 Å². The Bertz CT molecular complexity index is 321. The fourth-order valence-corrected chi connectivity index (χ4v) is 2.06. The van der Waals surface area contributed by atoms with E-state index < -0.39 is 5.60 Å². The number of hydrogen-bond acceptors (Lipinski definition) is 4. The summed E-state index contributed by atoms with van der Waals surface area (Å²) in [7, 11) is 0. The maximum absolute atomic E-state index is 10.3. The zero-order chi connectivity index (χ0) is 12.7. The molecular weight excluding hydrogens is 232 g/mol. The molecule has 0 amide bonds. The maximum Gasteiger partial charge on any atom is 0.241 e. The van der Waals surface area contributed by atoms with Crippen molar-refractivity contribution < 1.29 is 14.4 Å². The van der Waals surface area contributed by atoms with Gasteiger partial charge in [0.1, 0.15) is 18.0 Å². The summed E-state index contributed by atoms with van der Waals surface area (Å²) in [5.41, 5.74) is -0.780. The third-order valence-electron chi connectivity index (χ3n) is 3.07. The Morgan fingerprint density at radius 1 is 1.50 bits per heavy atom. The highest BCUT2D eigenvalue weighted by Crippen LogP contribution is 2.05. The lowest BCUT2D eigenvalue weighted by molar-refractivity contribution is -0.695. The van der Waals surface area contributed by atoms with Crippen LogP contribution in [0.25, 0.3) is 0 Å². The largest absolute Gasteiger partial charge is 0.385 e. The predicted octanol–water partition coefficient (Wildman–Crippen LogP) is -1.37. The van der Waals surface area contributed by atoms with Crippen LogP contribution in [-0.4, -0.2) is 55.1 Å². The van der Waals surface area contributed by atoms with E-state index in [0.29, 0.717) is 26.3 Å². The van der Waals surface area contributed by atoms with Gasteiger partial charge in [-0.15, -0.1) is 0 Å². The number of hydrogen-bond donors (Lipinski definition) is 4. The molecule has 6 heteroatoms. The van der Waals surface area contributed by atoms with Gasteiger partial charge in [-0.1, -0.05) is 0 Å². The molecule has 1 aromatic heterocycles. The minimum atomic E-state index is -0.780. The van der Waals surface area contributed by atoms with E-state index >= 15 is 0 Å². The van der Waals surface area contributed by atoms with Crippen molar-refractivity contribution >= 4 is 0 Å². The number of nitrogens with zero attached hydrogens (tertiary/aromatic N) is 1. The number of aryl methyl sites for hydroxylation is 1. The SMILES string of the molecule is O[C@]1(CNCCC[n+]2cc[nH]c2)CNCCOC1. The second-order valence-electron chi connectivity index (χ2n) is 4.83. The monoisotopic (exact) mass is 255 g/mol. The van der Waals surface area contributed by atoms with Gasteiger partial charge >= 0.3 is 0 Å². The van der Waals surface area contributed by atoms with Crippen LogP contribution in [-0.2, 0) is 11.3 Å². The van der Waals surface area contributed by atoms with Crippen molar-refractivity contribution in [3.05, 3.63) is 18.7 Å². The van der Waals surface area contributed by atoms with Gasteiger partial charge < -0.3 is 20.5 Å². The van der Waals surface area contributed by atoms with Gasteiger partial charge in [0, 0.05) is 19.6 Å². The van der Waals surface area contributed by atoms with E-state index in [1.807, 2.05) is 18.7 Å². The van der Waals surface area contributed by atoms with E-state index in [9.17, 15) is 5.11 Å². The molecule has 1 aliphatic heterocycles. The molecule has 1 fully saturated rings. The normalized spacial score (nSPS) is 24.9. The summed E-state index contributed by atoms with van der Waals surface area (Å²) in [6.45, 7) is 4.91. The molecule has 0 unspecified atom stereocenters. The standard InChI is InChI=1S/C12H22N4O2/c17-12(9-14-4-7-18-10-12)8-13-2-1-5-16-6-3-15-11-16/h3,6,11,13-14,17H,1-2,4-5,7-10H2/p+1/t12-/m1/s1. The number of aromatic amines is 1. The van der Waals surface area contributed by atoms with Crippen molar-refractivity contribution in [1.82, 2.24) is 15.6 Å². The molecule has 1 saturated heterocycles. The number of aliphatic hydroxyl groups is 1. The molecule has 0 bridgehead atoms. The van der Waals surface area contributed by atoms with Crippen molar-refractivity contribution in [2.75, 3.05) is 39.4 Å². The van der Waals surface area contributed by atoms with Crippen LogP contribution in [0.15, 0.2) is 18.7 Å². The molecule has 2 rings (SSSR count). The van der Waals surface area contributed by atoms with Crippen LogP contribution in [0, 0.1) is 0 Å². The molecule has 6 nitrogen and oxygen atoms in total. The molecule has 0 aromatic carbocycles. The van der Waals surface area contributed by atoms with Crippen molar-refractivity contribution in [2.45, 2.75) is 18.6 Å². The molecule has 0 saturated carbocycles. The number of aromatic nitrogens is 2. The van der Waals surface area contributed by atoms with Crippen LogP contribution in [0.3, 0.4) is 0 Å². The zero-order valence-electron chi connectivity index (χ0n) is 10.7. The average molecular weight is 255 g/mol. The summed E-state index contributed by atoms with van der Waals surface area (Å²) in [6, 6.07) is 0. The van der Waals surface area contributed by atoms with Gasteiger partial charge in [-0.05, 0) is 13.0 Å². The van der Waals surface area contributed by atoms with Gasteiger partial charge in [0.05, 0.1) is 19.8 Å². The molecule has 1 atom stereocenters. The molecule has 4 N–H and O–H groups in total. The highest BCUT2D eigenvalue weighted by atomic mass is 16.5. The van der Waals surface area contributed by atoms with E-state index in [1.54, 1.807) is 0 Å².